The van der Waals surface area contributed by atoms with Gasteiger partial charge in [-0.3, -0.25) is 0 Å². The maximum atomic E-state index is 6.06. The first-order chi connectivity index (χ1) is 19.8. The molecule has 0 N–H and O–H groups in total. The molecule has 0 bridgehead atoms. The predicted octanol–water partition coefficient (Wildman–Crippen LogP) is 13.3. The van der Waals surface area contributed by atoms with Crippen LogP contribution in [0.5, 0.6) is 0 Å². The molecule has 0 saturated heterocycles. The second kappa shape index (κ2) is 20.3. The van der Waals surface area contributed by atoms with Crippen molar-refractivity contribution in [3.8, 4) is 0 Å². The van der Waals surface area contributed by atoms with Gasteiger partial charge in [0.25, 0.3) is 0 Å². The van der Waals surface area contributed by atoms with E-state index in [9.17, 15) is 0 Å². The van der Waals surface area contributed by atoms with Crippen molar-refractivity contribution in [3.63, 3.8) is 0 Å². The summed E-state index contributed by atoms with van der Waals surface area (Å²) < 4.78 is 12.1. The van der Waals surface area contributed by atoms with Crippen molar-refractivity contribution in [2.24, 2.45) is 35.5 Å². The zero-order chi connectivity index (χ0) is 31.0. The van der Waals surface area contributed by atoms with E-state index in [0.29, 0.717) is 0 Å². The van der Waals surface area contributed by atoms with E-state index in [1.54, 1.807) is 38.5 Å². The van der Waals surface area contributed by atoms with Gasteiger partial charge >= 0.3 is 37.9 Å². The van der Waals surface area contributed by atoms with Gasteiger partial charge in [0.2, 0.25) is 0 Å². The molecule has 0 radical (unpaired) electrons. The summed E-state index contributed by atoms with van der Waals surface area (Å²) in [6.45, 7) is 20.9. The molecule has 4 saturated carbocycles. The standard InChI is InChI=1S/C36H68O2Si.2CH3.2ClH.Zr/c1-35(2,3)37-23-15-13-17-27-25-33(31-21-11-9-19-29(27)31)39(7,8)34-26-28(30-20-10-12-22-32(30)34)18-14-16-24-38-36(4,5)6;;;;;/h27-34H,9-26H2,1-8H3;2*1H3;2*1H;/q;2*-1;;;+4/p-2. The van der Waals surface area contributed by atoms with Crippen molar-refractivity contribution in [1.29, 1.82) is 0 Å². The molecule has 0 spiro atoms. The summed E-state index contributed by atoms with van der Waals surface area (Å²) in [5.74, 6) is 6.30. The Hall–Kier alpha value is 1.60. The van der Waals surface area contributed by atoms with Crippen LogP contribution in [0.15, 0.2) is 0 Å². The fraction of sp³-hybridized carbons (Fsp3) is 0.947. The van der Waals surface area contributed by atoms with E-state index in [-0.39, 0.29) is 26.1 Å². The molecule has 0 amide bonds. The number of ether oxygens (including phenoxy) is 2. The van der Waals surface area contributed by atoms with Gasteiger partial charge in [-0.2, -0.15) is 0 Å². The Morgan fingerprint density at radius 3 is 1.23 bits per heavy atom. The summed E-state index contributed by atoms with van der Waals surface area (Å²) in [4.78, 5) is 0. The first-order valence-electron chi connectivity index (χ1n) is 18.0. The molecule has 0 aromatic carbocycles. The van der Waals surface area contributed by atoms with Gasteiger partial charge in [-0.15, -0.1) is 0 Å². The SMILES string of the molecule is CC(C)(C)OCCCCC1CC([Si](C)(C)C2CC(CCCCOC(C)(C)C)C3CCCCC32)C2CCCCC12.[CH3-].[CH3-].[Cl][Zr+2][Cl]. The number of rotatable bonds is 12. The molecule has 44 heavy (non-hydrogen) atoms. The molecule has 4 rings (SSSR count). The minimum absolute atomic E-state index is 0. The Bertz CT molecular complexity index is 707. The van der Waals surface area contributed by atoms with E-state index in [0.717, 1.165) is 59.8 Å². The summed E-state index contributed by atoms with van der Waals surface area (Å²) >= 11 is -0.826. The quantitative estimate of drug-likeness (QED) is 0.112. The summed E-state index contributed by atoms with van der Waals surface area (Å²) in [6, 6.07) is 0. The van der Waals surface area contributed by atoms with Crippen molar-refractivity contribution in [2.45, 2.75) is 180 Å². The maximum absolute atomic E-state index is 6.06. The third-order valence-corrected chi connectivity index (χ3v) is 17.2. The van der Waals surface area contributed by atoms with E-state index in [4.69, 9.17) is 26.5 Å². The van der Waals surface area contributed by atoms with Crippen LogP contribution in [0.4, 0.5) is 0 Å². The van der Waals surface area contributed by atoms with Crippen LogP contribution in [-0.2, 0) is 30.3 Å². The van der Waals surface area contributed by atoms with E-state index in [2.05, 4.69) is 54.6 Å². The first kappa shape index (κ1) is 43.6. The number of hydrogen-bond donors (Lipinski definition) is 0. The average Bonchev–Trinajstić information content (AvgIpc) is 3.47. The van der Waals surface area contributed by atoms with Crippen LogP contribution in [0.3, 0.4) is 0 Å². The van der Waals surface area contributed by atoms with Crippen molar-refractivity contribution >= 4 is 25.1 Å². The van der Waals surface area contributed by atoms with Gasteiger partial charge in [0.1, 0.15) is 0 Å². The Morgan fingerprint density at radius 2 is 0.909 bits per heavy atom. The van der Waals surface area contributed by atoms with E-state index >= 15 is 0 Å². The molecule has 4 fully saturated rings. The molecule has 4 aliphatic rings. The van der Waals surface area contributed by atoms with Crippen LogP contribution < -0.4 is 0 Å². The van der Waals surface area contributed by atoms with Crippen LogP contribution in [-0.4, -0.2) is 32.5 Å². The van der Waals surface area contributed by atoms with Crippen molar-refractivity contribution in [2.75, 3.05) is 13.2 Å². The normalized spacial score (nSPS) is 31.9. The van der Waals surface area contributed by atoms with Crippen LogP contribution >= 0.6 is 17.0 Å². The zero-order valence-electron chi connectivity index (χ0n) is 30.9. The molecular weight excluding hydrogens is 679 g/mol. The number of unbranched alkanes of at least 4 members (excludes halogenated alkanes) is 2. The Kier molecular flexibility index (Phi) is 20.1. The van der Waals surface area contributed by atoms with Crippen LogP contribution in [0, 0.1) is 50.4 Å². The van der Waals surface area contributed by atoms with E-state index in [1.165, 1.54) is 64.2 Å². The molecule has 0 aliphatic heterocycles. The third-order valence-electron chi connectivity index (χ3n) is 12.0. The third kappa shape index (κ3) is 13.1. The van der Waals surface area contributed by atoms with Gasteiger partial charge in [0.05, 0.1) is 19.3 Å². The molecule has 4 aliphatic carbocycles. The molecule has 0 aromatic heterocycles. The van der Waals surface area contributed by atoms with Gasteiger partial charge in [0, 0.05) is 13.2 Å². The molecular formula is C38H74Cl2O2SiZr. The molecule has 8 unspecified atom stereocenters. The van der Waals surface area contributed by atoms with Gasteiger partial charge in [0.15, 0.2) is 0 Å². The van der Waals surface area contributed by atoms with Gasteiger partial charge < -0.3 is 24.3 Å². The second-order valence-electron chi connectivity index (χ2n) is 17.2. The minimum atomic E-state index is -1.35. The Balaban J connectivity index is 0.00000186. The average molecular weight is 753 g/mol. The topological polar surface area (TPSA) is 18.5 Å². The number of fused-ring (bicyclic) bond motifs is 2. The van der Waals surface area contributed by atoms with E-state index < -0.39 is 28.9 Å². The fourth-order valence-electron chi connectivity index (χ4n) is 10.3. The summed E-state index contributed by atoms with van der Waals surface area (Å²) in [5, 5.41) is 0. The van der Waals surface area contributed by atoms with Crippen LogP contribution in [0.1, 0.15) is 144 Å². The number of hydrogen-bond acceptors (Lipinski definition) is 2. The molecule has 0 aromatic rings. The van der Waals surface area contributed by atoms with Gasteiger partial charge in [-0.1, -0.05) is 77.3 Å². The number of halogens is 2. The summed E-state index contributed by atoms with van der Waals surface area (Å²) in [6.07, 6.45) is 23.7. The van der Waals surface area contributed by atoms with E-state index in [1.807, 2.05) is 0 Å². The zero-order valence-corrected chi connectivity index (χ0v) is 35.9. The monoisotopic (exact) mass is 750 g/mol. The Labute approximate surface area is 296 Å². The fourth-order valence-corrected chi connectivity index (χ4v) is 15.7. The van der Waals surface area contributed by atoms with Gasteiger partial charge in [-0.25, -0.2) is 0 Å². The van der Waals surface area contributed by atoms with Gasteiger partial charge in [-0.05, 0) is 127 Å². The van der Waals surface area contributed by atoms with Crippen molar-refractivity contribution < 1.29 is 30.3 Å². The Morgan fingerprint density at radius 1 is 0.591 bits per heavy atom. The predicted molar refractivity (Wildman–Crippen MR) is 196 cm³/mol. The summed E-state index contributed by atoms with van der Waals surface area (Å²) in [7, 11) is 8.52. The second-order valence-corrected chi connectivity index (χ2v) is 26.1. The molecule has 260 valence electrons. The summed E-state index contributed by atoms with van der Waals surface area (Å²) in [5.41, 5.74) is 2.23. The molecule has 2 nitrogen and oxygen atoms in total. The van der Waals surface area contributed by atoms with Crippen LogP contribution in [0.25, 0.3) is 0 Å². The first-order valence-corrected chi connectivity index (χ1v) is 27.5. The van der Waals surface area contributed by atoms with Crippen molar-refractivity contribution in [1.82, 2.24) is 0 Å². The molecule has 6 heteroatoms. The van der Waals surface area contributed by atoms with Crippen molar-refractivity contribution in [3.05, 3.63) is 14.9 Å². The van der Waals surface area contributed by atoms with Crippen LogP contribution in [0.2, 0.25) is 24.2 Å². The molecule has 8 atom stereocenters. The molecule has 0 heterocycles.